The minimum Gasteiger partial charge on any atom is -0.492 e. The number of ether oxygens (including phenoxy) is 2. The molecule has 0 N–H and O–H groups in total. The summed E-state index contributed by atoms with van der Waals surface area (Å²) in [6.07, 6.45) is 0. The smallest absolute Gasteiger partial charge is 0.337 e. The fourth-order valence-corrected chi connectivity index (χ4v) is 4.44. The van der Waals surface area contributed by atoms with Crippen LogP contribution in [0.2, 0.25) is 0 Å². The molecule has 0 amide bonds. The van der Waals surface area contributed by atoms with E-state index in [9.17, 15) is 13.2 Å². The van der Waals surface area contributed by atoms with Crippen molar-refractivity contribution in [2.24, 2.45) is 0 Å². The predicted octanol–water partition coefficient (Wildman–Crippen LogP) is 2.87. The van der Waals surface area contributed by atoms with Crippen molar-refractivity contribution in [2.45, 2.75) is 31.3 Å². The van der Waals surface area contributed by atoms with Crippen LogP contribution in [0.3, 0.4) is 0 Å². The first-order chi connectivity index (χ1) is 12.3. The molecule has 1 aliphatic heterocycles. The molecule has 2 aromatic carbocycles. The van der Waals surface area contributed by atoms with E-state index in [2.05, 4.69) is 0 Å². The van der Waals surface area contributed by atoms with E-state index in [-0.39, 0.29) is 37.6 Å². The summed E-state index contributed by atoms with van der Waals surface area (Å²) >= 11 is 0. The van der Waals surface area contributed by atoms with Gasteiger partial charge in [0.1, 0.15) is 12.4 Å². The zero-order valence-corrected chi connectivity index (χ0v) is 17.2. The molecule has 0 radical (unpaired) electrons. The Bertz CT molecular complexity index is 926. The summed E-state index contributed by atoms with van der Waals surface area (Å²) in [5.41, 5.74) is 2.07. The molecular formula is C19H23NO5S2. The van der Waals surface area contributed by atoms with Crippen LogP contribution >= 0.6 is 13.5 Å². The number of rotatable bonds is 3. The Kier molecular flexibility index (Phi) is 6.56. The van der Waals surface area contributed by atoms with Gasteiger partial charge in [-0.1, -0.05) is 23.8 Å². The molecule has 146 valence electrons. The summed E-state index contributed by atoms with van der Waals surface area (Å²) < 4.78 is 38.1. The van der Waals surface area contributed by atoms with Gasteiger partial charge in [0, 0.05) is 12.1 Å². The molecular weight excluding hydrogens is 386 g/mol. The van der Waals surface area contributed by atoms with Crippen molar-refractivity contribution >= 4 is 29.5 Å². The van der Waals surface area contributed by atoms with E-state index in [1.165, 1.54) is 11.4 Å². The maximum absolute atomic E-state index is 13.1. The Labute approximate surface area is 166 Å². The second-order valence-corrected chi connectivity index (χ2v) is 8.23. The van der Waals surface area contributed by atoms with Gasteiger partial charge in [0.2, 0.25) is 10.0 Å². The number of carbonyl (C=O) groups excluding carboxylic acids is 1. The van der Waals surface area contributed by atoms with Crippen LogP contribution in [0.1, 0.15) is 28.4 Å². The molecule has 3 rings (SSSR count). The Hall–Kier alpha value is -2.03. The average Bonchev–Trinajstić information content (AvgIpc) is 2.80. The Morgan fingerprint density at radius 1 is 1.19 bits per heavy atom. The average molecular weight is 410 g/mol. The number of hydrogen-bond donors (Lipinski definition) is 0. The zero-order chi connectivity index (χ0) is 18.9. The number of esters is 1. The lowest BCUT2D eigenvalue weighted by molar-refractivity contribution is 0.0600. The van der Waals surface area contributed by atoms with E-state index in [4.69, 9.17) is 9.47 Å². The minimum atomic E-state index is -3.66. The molecule has 1 heterocycles. The largest absolute Gasteiger partial charge is 0.492 e. The molecule has 0 saturated carbocycles. The van der Waals surface area contributed by atoms with Crippen molar-refractivity contribution in [1.29, 1.82) is 0 Å². The highest BCUT2D eigenvalue weighted by molar-refractivity contribution is 7.89. The molecule has 8 heteroatoms. The summed E-state index contributed by atoms with van der Waals surface area (Å²) in [6.45, 7) is 4.09. The summed E-state index contributed by atoms with van der Waals surface area (Å²) in [5, 5.41) is 0. The van der Waals surface area contributed by atoms with Crippen molar-refractivity contribution in [2.75, 3.05) is 13.7 Å². The highest BCUT2D eigenvalue weighted by Gasteiger charge is 2.32. The van der Waals surface area contributed by atoms with Crippen LogP contribution in [0.25, 0.3) is 0 Å². The number of carbonyl (C=O) groups is 1. The maximum atomic E-state index is 13.1. The van der Waals surface area contributed by atoms with E-state index >= 15 is 0 Å². The van der Waals surface area contributed by atoms with Crippen molar-refractivity contribution in [1.82, 2.24) is 4.31 Å². The molecule has 2 aromatic rings. The summed E-state index contributed by atoms with van der Waals surface area (Å²) in [5.74, 6) is 0.0409. The molecule has 0 bridgehead atoms. The molecule has 6 nitrogen and oxygen atoms in total. The van der Waals surface area contributed by atoms with E-state index in [1.54, 1.807) is 49.4 Å². The number of hydrogen-bond acceptors (Lipinski definition) is 5. The molecule has 0 unspecified atom stereocenters. The predicted molar refractivity (Wildman–Crippen MR) is 107 cm³/mol. The zero-order valence-electron chi connectivity index (χ0n) is 15.4. The van der Waals surface area contributed by atoms with E-state index in [0.29, 0.717) is 16.9 Å². The normalized spacial score (nSPS) is 17.1. The van der Waals surface area contributed by atoms with E-state index in [0.717, 1.165) is 5.56 Å². The summed E-state index contributed by atoms with van der Waals surface area (Å²) in [4.78, 5) is 12.0. The second kappa shape index (κ2) is 8.33. The molecule has 0 fully saturated rings. The quantitative estimate of drug-likeness (QED) is 0.729. The molecule has 0 spiro atoms. The Balaban J connectivity index is 0.00000261. The molecule has 0 aromatic heterocycles. The maximum Gasteiger partial charge on any atom is 0.337 e. The number of sulfonamides is 1. The van der Waals surface area contributed by atoms with Crippen LogP contribution in [0, 0.1) is 6.92 Å². The van der Waals surface area contributed by atoms with Crippen LogP contribution in [-0.4, -0.2) is 38.5 Å². The second-order valence-electron chi connectivity index (χ2n) is 6.34. The highest BCUT2D eigenvalue weighted by atomic mass is 32.2. The third-order valence-electron chi connectivity index (χ3n) is 4.41. The number of methoxy groups -OCH3 is 1. The van der Waals surface area contributed by atoms with Crippen LogP contribution in [0.15, 0.2) is 47.4 Å². The van der Waals surface area contributed by atoms with Gasteiger partial charge < -0.3 is 9.47 Å². The number of benzene rings is 2. The lowest BCUT2D eigenvalue weighted by Crippen LogP contribution is -2.39. The monoisotopic (exact) mass is 409 g/mol. The Morgan fingerprint density at radius 2 is 1.85 bits per heavy atom. The molecule has 1 atom stereocenters. The van der Waals surface area contributed by atoms with Crippen LogP contribution in [-0.2, 0) is 21.3 Å². The van der Waals surface area contributed by atoms with Gasteiger partial charge in [0.05, 0.1) is 23.6 Å². The van der Waals surface area contributed by atoms with Gasteiger partial charge in [0.25, 0.3) is 0 Å². The lowest BCUT2D eigenvalue weighted by atomic mass is 10.1. The van der Waals surface area contributed by atoms with Crippen LogP contribution in [0.5, 0.6) is 5.75 Å². The third-order valence-corrected chi connectivity index (χ3v) is 6.39. The van der Waals surface area contributed by atoms with Crippen LogP contribution < -0.4 is 4.74 Å². The first kappa shape index (κ1) is 21.3. The Morgan fingerprint density at radius 3 is 2.48 bits per heavy atom. The number of nitrogens with zero attached hydrogens (tertiary/aromatic N) is 1. The fraction of sp³-hybridized carbons (Fsp3) is 0.316. The van der Waals surface area contributed by atoms with Gasteiger partial charge in [-0.2, -0.15) is 17.8 Å². The van der Waals surface area contributed by atoms with Crippen molar-refractivity contribution < 1.29 is 22.7 Å². The van der Waals surface area contributed by atoms with Gasteiger partial charge in [-0.05, 0) is 38.1 Å². The third kappa shape index (κ3) is 4.28. The first-order valence-electron chi connectivity index (χ1n) is 8.25. The first-order valence-corrected chi connectivity index (χ1v) is 9.69. The van der Waals surface area contributed by atoms with Crippen molar-refractivity contribution in [3.63, 3.8) is 0 Å². The van der Waals surface area contributed by atoms with Crippen LogP contribution in [0.4, 0.5) is 0 Å². The van der Waals surface area contributed by atoms with Gasteiger partial charge in [0.15, 0.2) is 0 Å². The highest BCUT2D eigenvalue weighted by Crippen LogP contribution is 2.30. The van der Waals surface area contributed by atoms with Crippen molar-refractivity contribution in [3.8, 4) is 5.75 Å². The molecule has 1 aliphatic rings. The van der Waals surface area contributed by atoms with E-state index in [1.807, 2.05) is 6.92 Å². The minimum absolute atomic E-state index is 0. The topological polar surface area (TPSA) is 72.9 Å². The fourth-order valence-electron chi connectivity index (χ4n) is 2.85. The molecule has 0 aliphatic carbocycles. The van der Waals surface area contributed by atoms with E-state index < -0.39 is 16.0 Å². The van der Waals surface area contributed by atoms with Gasteiger partial charge in [-0.3, -0.25) is 0 Å². The van der Waals surface area contributed by atoms with Gasteiger partial charge in [-0.25, -0.2) is 13.2 Å². The number of aryl methyl sites for hydroxylation is 1. The molecule has 27 heavy (non-hydrogen) atoms. The SMILES string of the molecule is COC(=O)c1ccc2c(c1)OC[C@H](C)N(S(=O)(=O)c1ccc(C)cc1)C2.S. The van der Waals surface area contributed by atoms with Gasteiger partial charge in [-0.15, -0.1) is 0 Å². The number of fused-ring (bicyclic) bond motifs is 1. The summed E-state index contributed by atoms with van der Waals surface area (Å²) in [6, 6.07) is 11.4. The summed E-state index contributed by atoms with van der Waals surface area (Å²) in [7, 11) is -2.35. The van der Waals surface area contributed by atoms with Gasteiger partial charge >= 0.3 is 5.97 Å². The van der Waals surface area contributed by atoms with Crippen molar-refractivity contribution in [3.05, 3.63) is 59.2 Å². The standard InChI is InChI=1S/C19H21NO5S.H2S/c1-13-4-8-17(9-5-13)26(22,23)20-11-16-7-6-15(19(21)24-3)10-18(16)25-12-14(20)2;/h4-10,14H,11-12H2,1-3H3;1H2/t14-;/m0./s1. The molecule has 0 saturated heterocycles. The lowest BCUT2D eigenvalue weighted by Gasteiger charge is -2.25.